The van der Waals surface area contributed by atoms with Crippen molar-refractivity contribution >= 4 is 11.8 Å². The summed E-state index contributed by atoms with van der Waals surface area (Å²) in [6, 6.07) is 1.84. The molecular formula is C15H20N2O2. The summed E-state index contributed by atoms with van der Waals surface area (Å²) >= 11 is 0. The van der Waals surface area contributed by atoms with Crippen molar-refractivity contribution in [3.63, 3.8) is 0 Å². The van der Waals surface area contributed by atoms with Crippen LogP contribution in [0.1, 0.15) is 47.3 Å². The number of fused-ring (bicyclic) bond motifs is 1. The van der Waals surface area contributed by atoms with E-state index in [1.807, 2.05) is 18.0 Å². The fourth-order valence-corrected chi connectivity index (χ4v) is 3.06. The summed E-state index contributed by atoms with van der Waals surface area (Å²) < 4.78 is 0. The van der Waals surface area contributed by atoms with Crippen LogP contribution < -0.4 is 4.90 Å². The van der Waals surface area contributed by atoms with E-state index in [9.17, 15) is 9.90 Å². The summed E-state index contributed by atoms with van der Waals surface area (Å²) in [6.07, 6.45) is 6.88. The molecule has 4 nitrogen and oxygen atoms in total. The van der Waals surface area contributed by atoms with Crippen LogP contribution in [0.2, 0.25) is 0 Å². The van der Waals surface area contributed by atoms with Gasteiger partial charge in [-0.25, -0.2) is 9.78 Å². The molecule has 4 heteroatoms. The Hall–Kier alpha value is -1.58. The molecule has 0 bridgehead atoms. The minimum atomic E-state index is -0.863. The monoisotopic (exact) mass is 260 g/mol. The molecule has 1 N–H and O–H groups in total. The maximum Gasteiger partial charge on any atom is 0.339 e. The van der Waals surface area contributed by atoms with E-state index in [-0.39, 0.29) is 0 Å². The van der Waals surface area contributed by atoms with Gasteiger partial charge in [0.05, 0.1) is 0 Å². The van der Waals surface area contributed by atoms with Crippen molar-refractivity contribution in [2.75, 3.05) is 18.5 Å². The lowest BCUT2D eigenvalue weighted by Crippen LogP contribution is -2.31. The highest BCUT2D eigenvalue weighted by Gasteiger charge is 2.25. The van der Waals surface area contributed by atoms with E-state index in [1.54, 1.807) is 0 Å². The Labute approximate surface area is 113 Å². The molecule has 102 valence electrons. The molecule has 1 fully saturated rings. The van der Waals surface area contributed by atoms with E-state index in [2.05, 4.69) is 4.98 Å². The molecule has 1 saturated carbocycles. The molecule has 3 rings (SSSR count). The van der Waals surface area contributed by atoms with E-state index >= 15 is 0 Å². The molecule has 0 radical (unpaired) electrons. The highest BCUT2D eigenvalue weighted by molar-refractivity contribution is 5.93. The van der Waals surface area contributed by atoms with Gasteiger partial charge in [-0.3, -0.25) is 0 Å². The highest BCUT2D eigenvalue weighted by atomic mass is 16.4. The molecule has 1 aromatic rings. The maximum absolute atomic E-state index is 11.4. The molecule has 0 atom stereocenters. The lowest BCUT2D eigenvalue weighted by atomic mass is 9.85. The molecule has 0 spiro atoms. The number of aromatic nitrogens is 1. The largest absolute Gasteiger partial charge is 0.478 e. The lowest BCUT2D eigenvalue weighted by Gasteiger charge is -2.31. The number of carbonyl (C=O) groups is 1. The maximum atomic E-state index is 11.4. The first-order chi connectivity index (χ1) is 9.15. The number of hydrogen-bond donors (Lipinski definition) is 1. The number of carboxylic acids is 1. The zero-order valence-corrected chi connectivity index (χ0v) is 11.4. The third-order valence-corrected chi connectivity index (χ3v) is 4.38. The predicted octanol–water partition coefficient (Wildman–Crippen LogP) is 2.50. The number of pyridine rings is 1. The van der Waals surface area contributed by atoms with Crippen LogP contribution in [0.15, 0.2) is 6.07 Å². The molecular weight excluding hydrogens is 240 g/mol. The average Bonchev–Trinajstić information content (AvgIpc) is 2.78. The second-order valence-electron chi connectivity index (χ2n) is 5.80. The van der Waals surface area contributed by atoms with Crippen LogP contribution >= 0.6 is 0 Å². The molecule has 2 aliphatic carbocycles. The topological polar surface area (TPSA) is 53.4 Å². The van der Waals surface area contributed by atoms with E-state index in [0.717, 1.165) is 37.1 Å². The number of aromatic carboxylic acids is 1. The second kappa shape index (κ2) is 4.83. The van der Waals surface area contributed by atoms with Crippen molar-refractivity contribution < 1.29 is 9.90 Å². The van der Waals surface area contributed by atoms with Crippen molar-refractivity contribution in [3.05, 3.63) is 22.9 Å². The second-order valence-corrected chi connectivity index (χ2v) is 5.80. The van der Waals surface area contributed by atoms with Gasteiger partial charge in [0.1, 0.15) is 11.4 Å². The summed E-state index contributed by atoms with van der Waals surface area (Å²) in [5.41, 5.74) is 2.58. The lowest BCUT2D eigenvalue weighted by molar-refractivity contribution is 0.0697. The van der Waals surface area contributed by atoms with Crippen molar-refractivity contribution in [2.24, 2.45) is 5.92 Å². The van der Waals surface area contributed by atoms with Gasteiger partial charge in [0, 0.05) is 19.3 Å². The van der Waals surface area contributed by atoms with Gasteiger partial charge in [-0.15, -0.1) is 0 Å². The van der Waals surface area contributed by atoms with Gasteiger partial charge in [-0.05, 0) is 49.7 Å². The summed E-state index contributed by atoms with van der Waals surface area (Å²) in [6.45, 7) is 0.923. The average molecular weight is 260 g/mol. The smallest absolute Gasteiger partial charge is 0.339 e. The molecule has 1 heterocycles. The van der Waals surface area contributed by atoms with Crippen LogP contribution in [-0.2, 0) is 12.8 Å². The Morgan fingerprint density at radius 3 is 2.84 bits per heavy atom. The zero-order valence-electron chi connectivity index (χ0n) is 11.4. The molecule has 0 amide bonds. The van der Waals surface area contributed by atoms with Gasteiger partial charge in [0.15, 0.2) is 0 Å². The Bertz CT molecular complexity index is 509. The third-order valence-electron chi connectivity index (χ3n) is 4.38. The van der Waals surface area contributed by atoms with E-state index in [0.29, 0.717) is 17.3 Å². The van der Waals surface area contributed by atoms with Gasteiger partial charge in [-0.2, -0.15) is 0 Å². The highest BCUT2D eigenvalue weighted by Crippen LogP contribution is 2.31. The number of nitrogens with zero attached hydrogens (tertiary/aromatic N) is 2. The summed E-state index contributed by atoms with van der Waals surface area (Å²) in [5, 5.41) is 9.38. The Morgan fingerprint density at radius 1 is 1.42 bits per heavy atom. The molecule has 0 saturated heterocycles. The number of rotatable bonds is 4. The molecule has 2 aliphatic rings. The number of anilines is 1. The van der Waals surface area contributed by atoms with Crippen LogP contribution in [0.25, 0.3) is 0 Å². The molecule has 0 unspecified atom stereocenters. The van der Waals surface area contributed by atoms with Crippen LogP contribution in [0.5, 0.6) is 0 Å². The number of carboxylic acid groups (broad SMARTS) is 1. The number of aryl methyl sites for hydroxylation is 2. The Balaban J connectivity index is 1.91. The van der Waals surface area contributed by atoms with E-state index in [4.69, 9.17) is 0 Å². The standard InChI is InChI=1S/C15H20N2O2/c1-17(9-10-4-2-5-10)14-12(15(18)19)8-11-6-3-7-13(11)16-14/h8,10H,2-7,9H2,1H3,(H,18,19). The minimum absolute atomic E-state index is 0.363. The Morgan fingerprint density at radius 2 is 2.21 bits per heavy atom. The molecule has 0 aliphatic heterocycles. The summed E-state index contributed by atoms with van der Waals surface area (Å²) in [4.78, 5) is 18.1. The fourth-order valence-electron chi connectivity index (χ4n) is 3.06. The zero-order chi connectivity index (χ0) is 13.4. The van der Waals surface area contributed by atoms with Crippen LogP contribution in [-0.4, -0.2) is 29.7 Å². The van der Waals surface area contributed by atoms with Gasteiger partial charge < -0.3 is 10.0 Å². The van der Waals surface area contributed by atoms with Gasteiger partial charge in [-0.1, -0.05) is 6.42 Å². The van der Waals surface area contributed by atoms with Crippen LogP contribution in [0.4, 0.5) is 5.82 Å². The van der Waals surface area contributed by atoms with Crippen molar-refractivity contribution in [1.29, 1.82) is 0 Å². The first-order valence-corrected chi connectivity index (χ1v) is 7.12. The van der Waals surface area contributed by atoms with Gasteiger partial charge in [0.25, 0.3) is 0 Å². The quantitative estimate of drug-likeness (QED) is 0.903. The predicted molar refractivity (Wildman–Crippen MR) is 73.8 cm³/mol. The van der Waals surface area contributed by atoms with E-state index < -0.39 is 5.97 Å². The van der Waals surface area contributed by atoms with Crippen molar-refractivity contribution in [2.45, 2.75) is 38.5 Å². The van der Waals surface area contributed by atoms with Crippen molar-refractivity contribution in [1.82, 2.24) is 4.98 Å². The fraction of sp³-hybridized carbons (Fsp3) is 0.600. The summed E-state index contributed by atoms with van der Waals surface area (Å²) in [7, 11) is 1.97. The molecule has 1 aromatic heterocycles. The number of hydrogen-bond acceptors (Lipinski definition) is 3. The SMILES string of the molecule is CN(CC1CCC1)c1nc2c(cc1C(=O)O)CCC2. The van der Waals surface area contributed by atoms with Gasteiger partial charge in [0.2, 0.25) is 0 Å². The minimum Gasteiger partial charge on any atom is -0.478 e. The first-order valence-electron chi connectivity index (χ1n) is 7.12. The van der Waals surface area contributed by atoms with E-state index in [1.165, 1.54) is 19.3 Å². The summed E-state index contributed by atoms with van der Waals surface area (Å²) in [5.74, 6) is 0.499. The molecule has 19 heavy (non-hydrogen) atoms. The normalized spacial score (nSPS) is 17.9. The first kappa shape index (κ1) is 12.5. The molecule has 0 aromatic carbocycles. The van der Waals surface area contributed by atoms with Crippen molar-refractivity contribution in [3.8, 4) is 0 Å². The Kier molecular flexibility index (Phi) is 3.17. The van der Waals surface area contributed by atoms with Gasteiger partial charge >= 0.3 is 5.97 Å². The van der Waals surface area contributed by atoms with Crippen LogP contribution in [0.3, 0.4) is 0 Å². The third kappa shape index (κ3) is 2.31. The van der Waals surface area contributed by atoms with Crippen LogP contribution in [0, 0.1) is 5.92 Å².